The summed E-state index contributed by atoms with van der Waals surface area (Å²) in [5.41, 5.74) is 6.04. The summed E-state index contributed by atoms with van der Waals surface area (Å²) in [4.78, 5) is 11.7. The summed E-state index contributed by atoms with van der Waals surface area (Å²) in [7, 11) is -3.05. The molecule has 104 valence electrons. The fraction of sp³-hybridized carbons (Fsp3) is 0.917. The third kappa shape index (κ3) is 3.68. The molecular weight excluding hydrogens is 252 g/mol. The summed E-state index contributed by atoms with van der Waals surface area (Å²) in [5.74, 6) is 0.547. The molecule has 0 bridgehead atoms. The molecule has 0 aliphatic heterocycles. The number of carbonyl (C=O) groups is 1. The second kappa shape index (κ2) is 4.81. The fourth-order valence-electron chi connectivity index (χ4n) is 2.45. The van der Waals surface area contributed by atoms with E-state index in [0.717, 1.165) is 12.2 Å². The molecular formula is C12H22N2O3S. The van der Waals surface area contributed by atoms with Crippen LogP contribution in [0.1, 0.15) is 32.1 Å². The summed E-state index contributed by atoms with van der Waals surface area (Å²) in [6.07, 6.45) is 6.34. The molecule has 2 fully saturated rings. The van der Waals surface area contributed by atoms with Gasteiger partial charge in [0.2, 0.25) is 5.91 Å². The molecule has 0 radical (unpaired) electrons. The van der Waals surface area contributed by atoms with Crippen molar-refractivity contribution in [2.24, 2.45) is 17.1 Å². The van der Waals surface area contributed by atoms with Crippen LogP contribution in [-0.4, -0.2) is 38.9 Å². The van der Waals surface area contributed by atoms with E-state index >= 15 is 0 Å². The minimum Gasteiger partial charge on any atom is -0.354 e. The molecule has 0 aromatic heterocycles. The number of nitrogens with one attached hydrogen (secondary N) is 1. The van der Waals surface area contributed by atoms with Gasteiger partial charge in [0.05, 0.1) is 11.8 Å². The van der Waals surface area contributed by atoms with Gasteiger partial charge in [-0.3, -0.25) is 4.79 Å². The summed E-state index contributed by atoms with van der Waals surface area (Å²) in [5, 5.41) is 2.88. The van der Waals surface area contributed by atoms with Crippen LogP contribution >= 0.6 is 0 Å². The van der Waals surface area contributed by atoms with Crippen molar-refractivity contribution in [1.82, 2.24) is 5.32 Å². The summed E-state index contributed by atoms with van der Waals surface area (Å²) < 4.78 is 22.0. The Labute approximate surface area is 108 Å². The Morgan fingerprint density at radius 2 is 2.06 bits per heavy atom. The quantitative estimate of drug-likeness (QED) is 0.687. The molecule has 0 saturated heterocycles. The van der Waals surface area contributed by atoms with Gasteiger partial charge in [-0.15, -0.1) is 0 Å². The molecule has 2 saturated carbocycles. The first kappa shape index (κ1) is 13.8. The molecule has 1 amide bonds. The van der Waals surface area contributed by atoms with E-state index in [1.807, 2.05) is 0 Å². The van der Waals surface area contributed by atoms with Crippen LogP contribution in [0.5, 0.6) is 0 Å². The van der Waals surface area contributed by atoms with Crippen LogP contribution in [0.3, 0.4) is 0 Å². The zero-order valence-corrected chi connectivity index (χ0v) is 11.6. The molecule has 0 spiro atoms. The van der Waals surface area contributed by atoms with E-state index in [1.54, 1.807) is 0 Å². The highest BCUT2D eigenvalue weighted by Gasteiger charge is 2.53. The van der Waals surface area contributed by atoms with Gasteiger partial charge >= 0.3 is 0 Å². The largest absolute Gasteiger partial charge is 0.354 e. The maximum Gasteiger partial charge on any atom is 0.236 e. The summed E-state index contributed by atoms with van der Waals surface area (Å²) in [6.45, 7) is 0.711. The molecule has 2 rings (SSSR count). The van der Waals surface area contributed by atoms with E-state index in [0.29, 0.717) is 12.0 Å². The monoisotopic (exact) mass is 274 g/mol. The van der Waals surface area contributed by atoms with Crippen molar-refractivity contribution in [2.45, 2.75) is 38.1 Å². The van der Waals surface area contributed by atoms with Crippen LogP contribution in [0.15, 0.2) is 0 Å². The van der Waals surface area contributed by atoms with Crippen LogP contribution in [-0.2, 0) is 14.6 Å². The number of hydrogen-bond acceptors (Lipinski definition) is 4. The third-order valence-corrected chi connectivity index (χ3v) is 5.06. The molecule has 3 N–H and O–H groups in total. The lowest BCUT2D eigenvalue weighted by molar-refractivity contribution is -0.122. The zero-order valence-electron chi connectivity index (χ0n) is 10.8. The average Bonchev–Trinajstić information content (AvgIpc) is 3.13. The summed E-state index contributed by atoms with van der Waals surface area (Å²) >= 11 is 0. The molecule has 0 aromatic rings. The van der Waals surface area contributed by atoms with Gasteiger partial charge in [-0.2, -0.15) is 0 Å². The predicted molar refractivity (Wildman–Crippen MR) is 69.7 cm³/mol. The first-order chi connectivity index (χ1) is 8.32. The smallest absolute Gasteiger partial charge is 0.236 e. The first-order valence-electron chi connectivity index (χ1n) is 6.53. The van der Waals surface area contributed by atoms with Crippen molar-refractivity contribution >= 4 is 15.7 Å². The van der Waals surface area contributed by atoms with E-state index < -0.39 is 15.9 Å². The van der Waals surface area contributed by atoms with Crippen LogP contribution in [0.4, 0.5) is 0 Å². The van der Waals surface area contributed by atoms with Gasteiger partial charge in [0, 0.05) is 12.8 Å². The SMILES string of the molecule is CS(=O)(=O)CCC(N)C(=O)NCC1(C2CC2)CC1. The number of nitrogens with two attached hydrogens (primary N) is 1. The van der Waals surface area contributed by atoms with Crippen LogP contribution in [0.2, 0.25) is 0 Å². The van der Waals surface area contributed by atoms with Crippen LogP contribution in [0, 0.1) is 11.3 Å². The number of hydrogen-bond donors (Lipinski definition) is 2. The standard InChI is InChI=1S/C12H22N2O3S/c1-18(16,17)7-4-10(13)11(15)14-8-12(5-6-12)9-2-3-9/h9-10H,2-8,13H2,1H3,(H,14,15). The molecule has 1 atom stereocenters. The van der Waals surface area contributed by atoms with E-state index in [4.69, 9.17) is 5.73 Å². The molecule has 18 heavy (non-hydrogen) atoms. The Morgan fingerprint density at radius 3 is 2.50 bits per heavy atom. The Bertz CT molecular complexity index is 425. The Hall–Kier alpha value is -0.620. The van der Waals surface area contributed by atoms with E-state index in [9.17, 15) is 13.2 Å². The highest BCUT2D eigenvalue weighted by molar-refractivity contribution is 7.90. The lowest BCUT2D eigenvalue weighted by Gasteiger charge is -2.17. The predicted octanol–water partition coefficient (Wildman–Crippen LogP) is 0.0548. The van der Waals surface area contributed by atoms with Gasteiger partial charge < -0.3 is 11.1 Å². The van der Waals surface area contributed by atoms with Crippen molar-refractivity contribution in [1.29, 1.82) is 0 Å². The van der Waals surface area contributed by atoms with Crippen molar-refractivity contribution in [3.05, 3.63) is 0 Å². The maximum atomic E-state index is 11.7. The highest BCUT2D eigenvalue weighted by Crippen LogP contribution is 2.60. The molecule has 1 unspecified atom stereocenters. The second-order valence-corrected chi connectivity index (χ2v) is 8.14. The van der Waals surface area contributed by atoms with Crippen molar-refractivity contribution in [3.63, 3.8) is 0 Å². The van der Waals surface area contributed by atoms with Crippen molar-refractivity contribution in [2.75, 3.05) is 18.6 Å². The van der Waals surface area contributed by atoms with E-state index in [-0.39, 0.29) is 18.1 Å². The fourth-order valence-corrected chi connectivity index (χ4v) is 3.13. The second-order valence-electron chi connectivity index (χ2n) is 5.88. The molecule has 2 aliphatic rings. The van der Waals surface area contributed by atoms with Gasteiger partial charge in [-0.25, -0.2) is 8.42 Å². The molecule has 0 heterocycles. The van der Waals surface area contributed by atoms with Gasteiger partial charge in [0.1, 0.15) is 9.84 Å². The van der Waals surface area contributed by atoms with Gasteiger partial charge in [0.25, 0.3) is 0 Å². The number of rotatable bonds is 7. The number of amides is 1. The molecule has 6 heteroatoms. The van der Waals surface area contributed by atoms with Crippen molar-refractivity contribution < 1.29 is 13.2 Å². The van der Waals surface area contributed by atoms with Crippen LogP contribution in [0.25, 0.3) is 0 Å². The third-order valence-electron chi connectivity index (χ3n) is 4.09. The average molecular weight is 274 g/mol. The van der Waals surface area contributed by atoms with E-state index in [1.165, 1.54) is 25.7 Å². The Balaban J connectivity index is 1.70. The minimum atomic E-state index is -3.05. The minimum absolute atomic E-state index is 0.0324. The number of carbonyl (C=O) groups excluding carboxylic acids is 1. The zero-order chi connectivity index (χ0) is 13.4. The van der Waals surface area contributed by atoms with Crippen molar-refractivity contribution in [3.8, 4) is 0 Å². The lowest BCUT2D eigenvalue weighted by atomic mass is 10.0. The normalized spacial score (nSPS) is 23.4. The van der Waals surface area contributed by atoms with Crippen LogP contribution < -0.4 is 11.1 Å². The Morgan fingerprint density at radius 1 is 1.44 bits per heavy atom. The van der Waals surface area contributed by atoms with Gasteiger partial charge in [-0.05, 0) is 43.4 Å². The molecule has 2 aliphatic carbocycles. The highest BCUT2D eigenvalue weighted by atomic mass is 32.2. The Kier molecular flexibility index (Phi) is 3.69. The first-order valence-corrected chi connectivity index (χ1v) is 8.59. The molecule has 0 aromatic carbocycles. The number of sulfone groups is 1. The van der Waals surface area contributed by atoms with Gasteiger partial charge in [-0.1, -0.05) is 0 Å². The lowest BCUT2D eigenvalue weighted by Crippen LogP contribution is -2.43. The maximum absolute atomic E-state index is 11.7. The molecule has 5 nitrogen and oxygen atoms in total. The van der Waals surface area contributed by atoms with Gasteiger partial charge in [0.15, 0.2) is 0 Å². The van der Waals surface area contributed by atoms with E-state index in [2.05, 4.69) is 5.32 Å². The summed E-state index contributed by atoms with van der Waals surface area (Å²) in [6, 6.07) is -0.713. The topological polar surface area (TPSA) is 89.3 Å².